The maximum atomic E-state index is 5.76. The summed E-state index contributed by atoms with van der Waals surface area (Å²) in [5.74, 6) is 1.64. The Kier molecular flexibility index (Phi) is 4.20. The van der Waals surface area contributed by atoms with Crippen molar-refractivity contribution in [3.63, 3.8) is 0 Å². The third-order valence-corrected chi connectivity index (χ3v) is 2.73. The fourth-order valence-corrected chi connectivity index (χ4v) is 2.30. The Balaban J connectivity index is 2.25. The molecule has 0 heterocycles. The first-order valence-corrected chi connectivity index (χ1v) is 5.45. The van der Waals surface area contributed by atoms with E-state index in [1.165, 1.54) is 19.3 Å². The van der Waals surface area contributed by atoms with E-state index in [0.29, 0.717) is 12.7 Å². The first kappa shape index (κ1) is 11.0. The van der Waals surface area contributed by atoms with Gasteiger partial charge in [-0.05, 0) is 38.0 Å². The standard InChI is InChI=1S/C11H23NO/c1-8-4-9(2)6-11(5-8)13-7-10(3)12/h8-11H,4-7,12H2,1-3H3/t8?,9?,10-,11?/m0/s1. The molecule has 0 bridgehead atoms. The van der Waals surface area contributed by atoms with Crippen molar-refractivity contribution < 1.29 is 4.74 Å². The van der Waals surface area contributed by atoms with Gasteiger partial charge in [-0.3, -0.25) is 0 Å². The Labute approximate surface area is 81.8 Å². The zero-order valence-corrected chi connectivity index (χ0v) is 9.12. The Morgan fingerprint density at radius 1 is 1.23 bits per heavy atom. The Hall–Kier alpha value is -0.0800. The van der Waals surface area contributed by atoms with Gasteiger partial charge in [-0.2, -0.15) is 0 Å². The summed E-state index contributed by atoms with van der Waals surface area (Å²) < 4.78 is 5.76. The first-order valence-electron chi connectivity index (χ1n) is 5.45. The topological polar surface area (TPSA) is 35.2 Å². The molecule has 1 rings (SSSR count). The van der Waals surface area contributed by atoms with Gasteiger partial charge in [0.2, 0.25) is 0 Å². The lowest BCUT2D eigenvalue weighted by atomic mass is 9.82. The van der Waals surface area contributed by atoms with Crippen molar-refractivity contribution in [1.82, 2.24) is 0 Å². The van der Waals surface area contributed by atoms with Gasteiger partial charge >= 0.3 is 0 Å². The average Bonchev–Trinajstić information content (AvgIpc) is 1.99. The van der Waals surface area contributed by atoms with E-state index in [1.54, 1.807) is 0 Å². The smallest absolute Gasteiger partial charge is 0.0618 e. The molecule has 0 aromatic rings. The van der Waals surface area contributed by atoms with Crippen LogP contribution in [0.3, 0.4) is 0 Å². The van der Waals surface area contributed by atoms with Crippen LogP contribution in [0.5, 0.6) is 0 Å². The molecule has 1 saturated carbocycles. The lowest BCUT2D eigenvalue weighted by Crippen LogP contribution is -2.31. The predicted molar refractivity (Wildman–Crippen MR) is 55.6 cm³/mol. The van der Waals surface area contributed by atoms with E-state index in [1.807, 2.05) is 6.92 Å². The van der Waals surface area contributed by atoms with Crippen LogP contribution in [0.15, 0.2) is 0 Å². The summed E-state index contributed by atoms with van der Waals surface area (Å²) >= 11 is 0. The molecule has 0 radical (unpaired) electrons. The quantitative estimate of drug-likeness (QED) is 0.731. The molecule has 0 saturated heterocycles. The second-order valence-corrected chi connectivity index (χ2v) is 4.85. The van der Waals surface area contributed by atoms with Crippen molar-refractivity contribution in [3.8, 4) is 0 Å². The molecule has 0 aliphatic heterocycles. The van der Waals surface area contributed by atoms with Gasteiger partial charge in [-0.15, -0.1) is 0 Å². The molecule has 1 fully saturated rings. The van der Waals surface area contributed by atoms with Gasteiger partial charge in [0, 0.05) is 6.04 Å². The monoisotopic (exact) mass is 185 g/mol. The van der Waals surface area contributed by atoms with Crippen molar-refractivity contribution >= 4 is 0 Å². The number of rotatable bonds is 3. The molecule has 3 atom stereocenters. The minimum atomic E-state index is 0.174. The summed E-state index contributed by atoms with van der Waals surface area (Å²) in [4.78, 5) is 0. The summed E-state index contributed by atoms with van der Waals surface area (Å²) in [5, 5.41) is 0. The highest BCUT2D eigenvalue weighted by Crippen LogP contribution is 2.30. The molecule has 0 spiro atoms. The highest BCUT2D eigenvalue weighted by Gasteiger charge is 2.24. The van der Waals surface area contributed by atoms with Crippen molar-refractivity contribution in [2.24, 2.45) is 17.6 Å². The molecule has 0 amide bonds. The molecule has 0 aromatic heterocycles. The second-order valence-electron chi connectivity index (χ2n) is 4.85. The van der Waals surface area contributed by atoms with Gasteiger partial charge in [0.1, 0.15) is 0 Å². The van der Waals surface area contributed by atoms with Crippen LogP contribution >= 0.6 is 0 Å². The Morgan fingerprint density at radius 3 is 2.23 bits per heavy atom. The molecular weight excluding hydrogens is 162 g/mol. The van der Waals surface area contributed by atoms with Crippen LogP contribution in [0.2, 0.25) is 0 Å². The van der Waals surface area contributed by atoms with Crippen molar-refractivity contribution in [1.29, 1.82) is 0 Å². The molecule has 2 unspecified atom stereocenters. The summed E-state index contributed by atoms with van der Waals surface area (Å²) in [6, 6.07) is 0.174. The van der Waals surface area contributed by atoms with E-state index < -0.39 is 0 Å². The average molecular weight is 185 g/mol. The lowest BCUT2D eigenvalue weighted by molar-refractivity contribution is -0.00336. The number of hydrogen-bond donors (Lipinski definition) is 1. The molecule has 13 heavy (non-hydrogen) atoms. The summed E-state index contributed by atoms with van der Waals surface area (Å²) in [5.41, 5.74) is 5.65. The maximum absolute atomic E-state index is 5.76. The Bertz CT molecular complexity index is 137. The lowest BCUT2D eigenvalue weighted by Gasteiger charge is -2.31. The predicted octanol–water partition coefficient (Wildman–Crippen LogP) is 2.17. The normalized spacial score (nSPS) is 37.4. The van der Waals surface area contributed by atoms with Gasteiger partial charge < -0.3 is 10.5 Å². The van der Waals surface area contributed by atoms with Crippen LogP contribution in [0.25, 0.3) is 0 Å². The van der Waals surface area contributed by atoms with E-state index in [2.05, 4.69) is 13.8 Å². The first-order chi connectivity index (χ1) is 6.08. The number of ether oxygens (including phenoxy) is 1. The van der Waals surface area contributed by atoms with Crippen LogP contribution in [0.4, 0.5) is 0 Å². The minimum Gasteiger partial charge on any atom is -0.377 e. The van der Waals surface area contributed by atoms with Crippen molar-refractivity contribution in [3.05, 3.63) is 0 Å². The molecule has 1 aliphatic rings. The zero-order valence-electron chi connectivity index (χ0n) is 9.12. The fourth-order valence-electron chi connectivity index (χ4n) is 2.30. The number of nitrogens with two attached hydrogens (primary N) is 1. The second kappa shape index (κ2) is 4.97. The van der Waals surface area contributed by atoms with Gasteiger partial charge in [-0.1, -0.05) is 13.8 Å². The van der Waals surface area contributed by atoms with Gasteiger partial charge in [-0.25, -0.2) is 0 Å². The Morgan fingerprint density at radius 2 is 1.77 bits per heavy atom. The van der Waals surface area contributed by atoms with Gasteiger partial charge in [0.25, 0.3) is 0 Å². The van der Waals surface area contributed by atoms with Crippen LogP contribution in [-0.4, -0.2) is 18.8 Å². The van der Waals surface area contributed by atoms with Crippen LogP contribution in [0.1, 0.15) is 40.0 Å². The molecule has 2 N–H and O–H groups in total. The molecule has 78 valence electrons. The molecular formula is C11H23NO. The SMILES string of the molecule is CC1CC(C)CC(OC[C@H](C)N)C1. The van der Waals surface area contributed by atoms with Crippen LogP contribution < -0.4 is 5.73 Å². The van der Waals surface area contributed by atoms with Crippen molar-refractivity contribution in [2.45, 2.75) is 52.2 Å². The van der Waals surface area contributed by atoms with E-state index in [4.69, 9.17) is 10.5 Å². The fraction of sp³-hybridized carbons (Fsp3) is 1.00. The van der Waals surface area contributed by atoms with Crippen LogP contribution in [0, 0.1) is 11.8 Å². The van der Waals surface area contributed by atoms with Gasteiger partial charge in [0.05, 0.1) is 12.7 Å². The molecule has 1 aliphatic carbocycles. The zero-order chi connectivity index (χ0) is 9.84. The largest absolute Gasteiger partial charge is 0.377 e. The van der Waals surface area contributed by atoms with Gasteiger partial charge in [0.15, 0.2) is 0 Å². The number of hydrogen-bond acceptors (Lipinski definition) is 2. The summed E-state index contributed by atoms with van der Waals surface area (Å²) in [6.07, 6.45) is 4.26. The van der Waals surface area contributed by atoms with E-state index in [9.17, 15) is 0 Å². The van der Waals surface area contributed by atoms with E-state index in [-0.39, 0.29) is 6.04 Å². The summed E-state index contributed by atoms with van der Waals surface area (Å²) in [6.45, 7) is 7.34. The maximum Gasteiger partial charge on any atom is 0.0618 e. The highest BCUT2D eigenvalue weighted by molar-refractivity contribution is 4.75. The summed E-state index contributed by atoms with van der Waals surface area (Å²) in [7, 11) is 0. The van der Waals surface area contributed by atoms with E-state index >= 15 is 0 Å². The van der Waals surface area contributed by atoms with Crippen LogP contribution in [-0.2, 0) is 4.74 Å². The van der Waals surface area contributed by atoms with Crippen molar-refractivity contribution in [2.75, 3.05) is 6.61 Å². The molecule has 2 nitrogen and oxygen atoms in total. The molecule has 2 heteroatoms. The third-order valence-electron chi connectivity index (χ3n) is 2.73. The highest BCUT2D eigenvalue weighted by atomic mass is 16.5. The third kappa shape index (κ3) is 4.10. The minimum absolute atomic E-state index is 0.174. The molecule has 0 aromatic carbocycles. The van der Waals surface area contributed by atoms with E-state index in [0.717, 1.165) is 11.8 Å².